The molecule has 0 aromatic carbocycles. The molecular weight excluding hydrogens is 214 g/mol. The molecule has 0 amide bonds. The van der Waals surface area contributed by atoms with Crippen molar-refractivity contribution in [2.45, 2.75) is 52.5 Å². The van der Waals surface area contributed by atoms with Gasteiger partial charge in [-0.2, -0.15) is 0 Å². The maximum atomic E-state index is 3.65. The molecule has 90 valence electrons. The molecule has 1 saturated carbocycles. The Hall–Kier alpha value is -0.340. The Bertz CT molecular complexity index is 319. The summed E-state index contributed by atoms with van der Waals surface area (Å²) in [6.45, 7) is 7.74. The number of thiophene rings is 1. The summed E-state index contributed by atoms with van der Waals surface area (Å²) in [5, 5.41) is 3.65. The van der Waals surface area contributed by atoms with Crippen LogP contribution >= 0.6 is 11.3 Å². The summed E-state index contributed by atoms with van der Waals surface area (Å²) < 4.78 is 0. The minimum Gasteiger partial charge on any atom is -0.310 e. The van der Waals surface area contributed by atoms with Crippen molar-refractivity contribution >= 4 is 11.3 Å². The first-order valence-electron chi connectivity index (χ1n) is 6.51. The van der Waals surface area contributed by atoms with Gasteiger partial charge in [0.05, 0.1) is 0 Å². The van der Waals surface area contributed by atoms with Gasteiger partial charge in [-0.15, -0.1) is 11.3 Å². The van der Waals surface area contributed by atoms with Crippen molar-refractivity contribution in [3.63, 3.8) is 0 Å². The maximum absolute atomic E-state index is 3.65. The first-order chi connectivity index (χ1) is 7.70. The molecule has 1 N–H and O–H groups in total. The maximum Gasteiger partial charge on any atom is 0.0417 e. The van der Waals surface area contributed by atoms with E-state index >= 15 is 0 Å². The summed E-state index contributed by atoms with van der Waals surface area (Å²) in [5.41, 5.74) is 1.46. The smallest absolute Gasteiger partial charge is 0.0417 e. The van der Waals surface area contributed by atoms with Crippen LogP contribution in [0.3, 0.4) is 0 Å². The van der Waals surface area contributed by atoms with Crippen molar-refractivity contribution in [1.29, 1.82) is 0 Å². The Morgan fingerprint density at radius 1 is 1.44 bits per heavy atom. The molecule has 1 unspecified atom stereocenters. The molecule has 1 aliphatic rings. The average Bonchev–Trinajstić information content (AvgIpc) is 2.51. The van der Waals surface area contributed by atoms with Gasteiger partial charge in [0.1, 0.15) is 0 Å². The predicted octanol–water partition coefficient (Wildman–Crippen LogP) is 4.21. The van der Waals surface area contributed by atoms with Crippen molar-refractivity contribution in [3.8, 4) is 0 Å². The first kappa shape index (κ1) is 12.1. The molecule has 1 nitrogen and oxygen atoms in total. The van der Waals surface area contributed by atoms with Crippen molar-refractivity contribution in [1.82, 2.24) is 5.32 Å². The Kier molecular flexibility index (Phi) is 4.04. The quantitative estimate of drug-likeness (QED) is 0.809. The van der Waals surface area contributed by atoms with Crippen LogP contribution in [0.15, 0.2) is 6.07 Å². The number of hydrogen-bond donors (Lipinski definition) is 1. The third-order valence-corrected chi connectivity index (χ3v) is 5.04. The van der Waals surface area contributed by atoms with Gasteiger partial charge in [0.25, 0.3) is 0 Å². The van der Waals surface area contributed by atoms with Crippen LogP contribution < -0.4 is 5.32 Å². The third kappa shape index (κ3) is 2.67. The normalized spacial score (nSPS) is 18.4. The van der Waals surface area contributed by atoms with Crippen molar-refractivity contribution < 1.29 is 0 Å². The lowest BCUT2D eigenvalue weighted by Crippen LogP contribution is -2.25. The van der Waals surface area contributed by atoms with Crippen LogP contribution in [0.25, 0.3) is 0 Å². The molecule has 0 aliphatic heterocycles. The number of nitrogens with one attached hydrogen (secondary N) is 1. The van der Waals surface area contributed by atoms with Crippen molar-refractivity contribution in [2.75, 3.05) is 6.54 Å². The summed E-state index contributed by atoms with van der Waals surface area (Å²) in [5.74, 6) is 0.978. The molecule has 1 aliphatic carbocycles. The van der Waals surface area contributed by atoms with Gasteiger partial charge in [0, 0.05) is 15.8 Å². The summed E-state index contributed by atoms with van der Waals surface area (Å²) in [7, 11) is 0. The topological polar surface area (TPSA) is 12.0 Å². The zero-order chi connectivity index (χ0) is 11.5. The van der Waals surface area contributed by atoms with Crippen LogP contribution in [0, 0.1) is 19.8 Å². The number of hydrogen-bond acceptors (Lipinski definition) is 2. The van der Waals surface area contributed by atoms with Crippen molar-refractivity contribution in [2.24, 2.45) is 5.92 Å². The van der Waals surface area contributed by atoms with E-state index in [2.05, 4.69) is 32.2 Å². The molecule has 1 aromatic heterocycles. The molecule has 0 spiro atoms. The van der Waals surface area contributed by atoms with Crippen LogP contribution in [-0.2, 0) is 0 Å². The summed E-state index contributed by atoms with van der Waals surface area (Å²) >= 11 is 1.98. The molecule has 1 atom stereocenters. The number of rotatable bonds is 5. The number of aryl methyl sites for hydroxylation is 2. The van der Waals surface area contributed by atoms with E-state index in [1.165, 1.54) is 36.1 Å². The molecule has 0 radical (unpaired) electrons. The molecule has 0 bridgehead atoms. The fourth-order valence-corrected chi connectivity index (χ4v) is 3.51. The molecule has 1 heterocycles. The van der Waals surface area contributed by atoms with Gasteiger partial charge in [0.15, 0.2) is 0 Å². The van der Waals surface area contributed by atoms with Gasteiger partial charge in [-0.05, 0) is 44.4 Å². The van der Waals surface area contributed by atoms with E-state index < -0.39 is 0 Å². The van der Waals surface area contributed by atoms with E-state index in [1.54, 1.807) is 4.88 Å². The second-order valence-corrected chi connectivity index (χ2v) is 6.32. The minimum atomic E-state index is 0.604. The molecule has 1 fully saturated rings. The molecule has 1 aromatic rings. The zero-order valence-electron chi connectivity index (χ0n) is 10.7. The summed E-state index contributed by atoms with van der Waals surface area (Å²) in [4.78, 5) is 3.02. The van der Waals surface area contributed by atoms with Crippen molar-refractivity contribution in [3.05, 3.63) is 21.4 Å². The van der Waals surface area contributed by atoms with Gasteiger partial charge < -0.3 is 5.32 Å². The fraction of sp³-hybridized carbons (Fsp3) is 0.714. The van der Waals surface area contributed by atoms with Gasteiger partial charge in [-0.25, -0.2) is 0 Å². The van der Waals surface area contributed by atoms with Gasteiger partial charge >= 0.3 is 0 Å². The first-order valence-corrected chi connectivity index (χ1v) is 7.32. The van der Waals surface area contributed by atoms with E-state index in [4.69, 9.17) is 0 Å². The van der Waals surface area contributed by atoms with Gasteiger partial charge in [0.2, 0.25) is 0 Å². The lowest BCUT2D eigenvalue weighted by atomic mass is 9.80. The third-order valence-electron chi connectivity index (χ3n) is 3.77. The second-order valence-electron chi connectivity index (χ2n) is 5.03. The predicted molar refractivity (Wildman–Crippen MR) is 72.2 cm³/mol. The summed E-state index contributed by atoms with van der Waals surface area (Å²) in [6.07, 6.45) is 5.69. The Morgan fingerprint density at radius 2 is 2.19 bits per heavy atom. The van der Waals surface area contributed by atoms with E-state index in [1.807, 2.05) is 11.3 Å². The second kappa shape index (κ2) is 5.33. The van der Waals surface area contributed by atoms with Crippen LogP contribution in [0.1, 0.15) is 54.0 Å². The van der Waals surface area contributed by atoms with Crippen LogP contribution in [0.2, 0.25) is 0 Å². The highest BCUT2D eigenvalue weighted by atomic mass is 32.1. The standard InChI is InChI=1S/C14H23NS/c1-4-15-13(9-12-6-5-7-12)14-8-10(2)11(3)16-14/h8,12-13,15H,4-7,9H2,1-3H3. The van der Waals surface area contributed by atoms with Crippen LogP contribution in [0.5, 0.6) is 0 Å². The average molecular weight is 237 g/mol. The Labute approximate surface area is 103 Å². The highest BCUT2D eigenvalue weighted by Gasteiger charge is 2.23. The molecular formula is C14H23NS. The van der Waals surface area contributed by atoms with Gasteiger partial charge in [-0.3, -0.25) is 0 Å². The monoisotopic (exact) mass is 237 g/mol. The largest absolute Gasteiger partial charge is 0.310 e. The highest BCUT2D eigenvalue weighted by molar-refractivity contribution is 7.12. The lowest BCUT2D eigenvalue weighted by Gasteiger charge is -2.29. The fourth-order valence-electron chi connectivity index (χ4n) is 2.38. The highest BCUT2D eigenvalue weighted by Crippen LogP contribution is 2.37. The SMILES string of the molecule is CCNC(CC1CCC1)c1cc(C)c(C)s1. The van der Waals surface area contributed by atoms with E-state index in [0.29, 0.717) is 6.04 Å². The van der Waals surface area contributed by atoms with Gasteiger partial charge in [-0.1, -0.05) is 26.2 Å². The van der Waals surface area contributed by atoms with Crippen LogP contribution in [0.4, 0.5) is 0 Å². The lowest BCUT2D eigenvalue weighted by molar-refractivity contribution is 0.264. The summed E-state index contributed by atoms with van der Waals surface area (Å²) in [6, 6.07) is 2.99. The molecule has 0 saturated heterocycles. The zero-order valence-corrected chi connectivity index (χ0v) is 11.5. The molecule has 2 rings (SSSR count). The van der Waals surface area contributed by atoms with E-state index in [9.17, 15) is 0 Å². The molecule has 16 heavy (non-hydrogen) atoms. The van der Waals surface area contributed by atoms with E-state index in [-0.39, 0.29) is 0 Å². The van der Waals surface area contributed by atoms with Crippen LogP contribution in [-0.4, -0.2) is 6.54 Å². The molecule has 2 heteroatoms. The Balaban J connectivity index is 2.04. The minimum absolute atomic E-state index is 0.604. The Morgan fingerprint density at radius 3 is 2.62 bits per heavy atom. The van der Waals surface area contributed by atoms with E-state index in [0.717, 1.165) is 12.5 Å².